The summed E-state index contributed by atoms with van der Waals surface area (Å²) in [4.78, 5) is 23.5. The lowest BCUT2D eigenvalue weighted by Gasteiger charge is -2.32. The Kier molecular flexibility index (Phi) is 6.79. The number of nitrogens with zero attached hydrogens (tertiary/aromatic N) is 4. The second-order valence-corrected chi connectivity index (χ2v) is 7.81. The summed E-state index contributed by atoms with van der Waals surface area (Å²) < 4.78 is 12.2. The van der Waals surface area contributed by atoms with Gasteiger partial charge in [-0.3, -0.25) is 9.78 Å². The van der Waals surface area contributed by atoms with Gasteiger partial charge in [0.15, 0.2) is 0 Å². The molecule has 0 spiro atoms. The number of piperidine rings is 1. The lowest BCUT2D eigenvalue weighted by molar-refractivity contribution is 0.191. The van der Waals surface area contributed by atoms with Crippen LogP contribution in [0.25, 0.3) is 11.0 Å². The Bertz CT molecular complexity index is 1060. The Morgan fingerprint density at radius 1 is 1.03 bits per heavy atom. The molecule has 0 bridgehead atoms. The second-order valence-electron chi connectivity index (χ2n) is 7.81. The molecule has 8 nitrogen and oxygen atoms in total. The minimum absolute atomic E-state index is 0.00722. The van der Waals surface area contributed by atoms with Crippen molar-refractivity contribution in [3.05, 3.63) is 58.6 Å². The zero-order valence-corrected chi connectivity index (χ0v) is 18.1. The van der Waals surface area contributed by atoms with Gasteiger partial charge in [-0.15, -0.1) is 0 Å². The maximum absolute atomic E-state index is 12.5. The van der Waals surface area contributed by atoms with Crippen LogP contribution in [-0.2, 0) is 13.1 Å². The van der Waals surface area contributed by atoms with Crippen LogP contribution in [0.5, 0.6) is 11.6 Å². The largest absolute Gasteiger partial charge is 0.495 e. The molecule has 1 aliphatic rings. The minimum atomic E-state index is -0.00722. The summed E-state index contributed by atoms with van der Waals surface area (Å²) in [6.45, 7) is 4.31. The molecule has 0 saturated carbocycles. The molecule has 0 amide bonds. The lowest BCUT2D eigenvalue weighted by atomic mass is 10.0. The average molecular weight is 424 g/mol. The van der Waals surface area contributed by atoms with E-state index in [1.54, 1.807) is 37.1 Å². The maximum Gasteiger partial charge on any atom is 0.251 e. The fourth-order valence-corrected chi connectivity index (χ4v) is 3.99. The van der Waals surface area contributed by atoms with E-state index in [-0.39, 0.29) is 5.56 Å². The molecular weight excluding hydrogens is 394 g/mol. The van der Waals surface area contributed by atoms with Crippen LogP contribution in [0.1, 0.15) is 18.4 Å². The molecule has 3 aromatic heterocycles. The van der Waals surface area contributed by atoms with Gasteiger partial charge in [-0.2, -0.15) is 0 Å². The predicted octanol–water partition coefficient (Wildman–Crippen LogP) is 2.06. The van der Waals surface area contributed by atoms with Gasteiger partial charge in [0.1, 0.15) is 5.75 Å². The number of pyridine rings is 3. The zero-order valence-electron chi connectivity index (χ0n) is 18.1. The van der Waals surface area contributed by atoms with E-state index in [4.69, 9.17) is 9.47 Å². The van der Waals surface area contributed by atoms with Gasteiger partial charge < -0.3 is 24.3 Å². The summed E-state index contributed by atoms with van der Waals surface area (Å²) in [6.07, 6.45) is 5.70. The highest BCUT2D eigenvalue weighted by molar-refractivity contribution is 5.75. The van der Waals surface area contributed by atoms with E-state index in [9.17, 15) is 4.79 Å². The highest BCUT2D eigenvalue weighted by Gasteiger charge is 2.19. The molecule has 4 heterocycles. The standard InChI is InChI=1S/C23H29N5O3/c1-30-19-13-21-20(25-16-19)4-6-23(29)28(21)12-11-27-9-7-18(8-10-27)24-14-17-3-5-22(31-2)26-15-17/h3-6,13,15-16,18,24H,7-12,14H2,1-2H3. The van der Waals surface area contributed by atoms with Crippen LogP contribution in [0.15, 0.2) is 47.5 Å². The van der Waals surface area contributed by atoms with Crippen molar-refractivity contribution in [1.29, 1.82) is 0 Å². The maximum atomic E-state index is 12.5. The van der Waals surface area contributed by atoms with E-state index in [1.807, 2.05) is 24.4 Å². The summed E-state index contributed by atoms with van der Waals surface area (Å²) in [6, 6.07) is 9.66. The van der Waals surface area contributed by atoms with Crippen molar-refractivity contribution < 1.29 is 9.47 Å². The van der Waals surface area contributed by atoms with Gasteiger partial charge in [0, 0.05) is 50.1 Å². The molecular formula is C23H29N5O3. The monoisotopic (exact) mass is 423 g/mol. The number of rotatable bonds is 8. The third-order valence-corrected chi connectivity index (χ3v) is 5.88. The Morgan fingerprint density at radius 3 is 2.58 bits per heavy atom. The van der Waals surface area contributed by atoms with Crippen LogP contribution >= 0.6 is 0 Å². The molecule has 0 unspecified atom stereocenters. The highest BCUT2D eigenvalue weighted by Crippen LogP contribution is 2.17. The quantitative estimate of drug-likeness (QED) is 0.594. The van der Waals surface area contributed by atoms with Gasteiger partial charge >= 0.3 is 0 Å². The van der Waals surface area contributed by atoms with Crippen LogP contribution in [0, 0.1) is 0 Å². The predicted molar refractivity (Wildman–Crippen MR) is 120 cm³/mol. The van der Waals surface area contributed by atoms with Crippen molar-refractivity contribution in [2.24, 2.45) is 0 Å². The first-order valence-corrected chi connectivity index (χ1v) is 10.6. The fourth-order valence-electron chi connectivity index (χ4n) is 3.99. The highest BCUT2D eigenvalue weighted by atomic mass is 16.5. The molecule has 1 saturated heterocycles. The van der Waals surface area contributed by atoms with Crippen LogP contribution in [0.3, 0.4) is 0 Å². The number of hydrogen-bond donors (Lipinski definition) is 1. The van der Waals surface area contributed by atoms with Gasteiger partial charge in [0.25, 0.3) is 5.56 Å². The van der Waals surface area contributed by atoms with Crippen molar-refractivity contribution in [2.75, 3.05) is 33.9 Å². The Labute approximate surface area is 181 Å². The Hall–Kier alpha value is -2.97. The fraction of sp³-hybridized carbons (Fsp3) is 0.435. The molecule has 0 aliphatic carbocycles. The van der Waals surface area contributed by atoms with Gasteiger partial charge in [-0.25, -0.2) is 4.98 Å². The first kappa shape index (κ1) is 21.3. The Balaban J connectivity index is 1.29. The zero-order chi connectivity index (χ0) is 21.6. The summed E-state index contributed by atoms with van der Waals surface area (Å²) >= 11 is 0. The number of ether oxygens (including phenoxy) is 2. The number of hydrogen-bond acceptors (Lipinski definition) is 7. The minimum Gasteiger partial charge on any atom is -0.495 e. The van der Waals surface area contributed by atoms with Crippen LogP contribution in [0.2, 0.25) is 0 Å². The van der Waals surface area contributed by atoms with E-state index in [1.165, 1.54) is 0 Å². The first-order valence-electron chi connectivity index (χ1n) is 10.6. The smallest absolute Gasteiger partial charge is 0.251 e. The number of aromatic nitrogens is 3. The first-order chi connectivity index (χ1) is 15.2. The van der Waals surface area contributed by atoms with Crippen molar-refractivity contribution in [3.63, 3.8) is 0 Å². The molecule has 164 valence electrons. The van der Waals surface area contributed by atoms with Crippen molar-refractivity contribution in [3.8, 4) is 11.6 Å². The summed E-state index contributed by atoms with van der Waals surface area (Å²) in [7, 11) is 3.23. The van der Waals surface area contributed by atoms with Crippen molar-refractivity contribution in [2.45, 2.75) is 32.0 Å². The summed E-state index contributed by atoms with van der Waals surface area (Å²) in [5, 5.41) is 3.63. The van der Waals surface area contributed by atoms with E-state index >= 15 is 0 Å². The van der Waals surface area contributed by atoms with E-state index < -0.39 is 0 Å². The van der Waals surface area contributed by atoms with E-state index in [2.05, 4.69) is 20.2 Å². The number of nitrogens with one attached hydrogen (secondary N) is 1. The molecule has 1 N–H and O–H groups in total. The van der Waals surface area contributed by atoms with E-state index in [0.29, 0.717) is 24.2 Å². The van der Waals surface area contributed by atoms with Gasteiger partial charge in [-0.05, 0) is 37.6 Å². The molecule has 0 radical (unpaired) electrons. The number of fused-ring (bicyclic) bond motifs is 1. The van der Waals surface area contributed by atoms with Gasteiger partial charge in [0.2, 0.25) is 5.88 Å². The molecule has 31 heavy (non-hydrogen) atoms. The third kappa shape index (κ3) is 5.21. The molecule has 1 aliphatic heterocycles. The topological polar surface area (TPSA) is 81.5 Å². The van der Waals surface area contributed by atoms with Crippen molar-refractivity contribution >= 4 is 11.0 Å². The molecule has 3 aromatic rings. The summed E-state index contributed by atoms with van der Waals surface area (Å²) in [5.41, 5.74) is 2.77. The number of methoxy groups -OCH3 is 2. The normalized spacial score (nSPS) is 15.3. The van der Waals surface area contributed by atoms with Crippen LogP contribution in [-0.4, -0.2) is 59.3 Å². The summed E-state index contributed by atoms with van der Waals surface area (Å²) in [5.74, 6) is 1.29. The average Bonchev–Trinajstić information content (AvgIpc) is 2.82. The Morgan fingerprint density at radius 2 is 1.87 bits per heavy atom. The third-order valence-electron chi connectivity index (χ3n) is 5.88. The van der Waals surface area contributed by atoms with Gasteiger partial charge in [-0.1, -0.05) is 6.07 Å². The van der Waals surface area contributed by atoms with E-state index in [0.717, 1.165) is 55.6 Å². The molecule has 0 aromatic carbocycles. The number of likely N-dealkylation sites (tertiary alicyclic amines) is 1. The molecule has 8 heteroatoms. The molecule has 1 fully saturated rings. The second kappa shape index (κ2) is 9.89. The van der Waals surface area contributed by atoms with Gasteiger partial charge in [0.05, 0.1) is 31.4 Å². The molecule has 0 atom stereocenters. The lowest BCUT2D eigenvalue weighted by Crippen LogP contribution is -2.43. The molecule has 4 rings (SSSR count). The van der Waals surface area contributed by atoms with Crippen LogP contribution < -0.4 is 20.3 Å². The SMILES string of the molecule is COc1cnc2ccc(=O)n(CCN3CCC(NCc4ccc(OC)nc4)CC3)c2c1. The van der Waals surface area contributed by atoms with Crippen molar-refractivity contribution in [1.82, 2.24) is 24.8 Å². The van der Waals surface area contributed by atoms with Crippen LogP contribution in [0.4, 0.5) is 0 Å².